The Bertz CT molecular complexity index is 1740. The summed E-state index contributed by atoms with van der Waals surface area (Å²) in [6.07, 6.45) is 0.276. The maximum absolute atomic E-state index is 13.6. The van der Waals surface area contributed by atoms with Gasteiger partial charge in [0, 0.05) is 11.6 Å². The third kappa shape index (κ3) is 9.63. The van der Waals surface area contributed by atoms with Gasteiger partial charge in [0.1, 0.15) is 35.2 Å². The molecule has 0 spiro atoms. The van der Waals surface area contributed by atoms with Crippen LogP contribution in [0.1, 0.15) is 84.6 Å². The molecule has 3 heterocycles. The molecular formula is C32H45ClN3O12PS. The summed E-state index contributed by atoms with van der Waals surface area (Å²) in [6.45, 7) is 7.55. The van der Waals surface area contributed by atoms with Gasteiger partial charge in [0.25, 0.3) is 0 Å². The molecule has 2 aromatic rings. The minimum atomic E-state index is -4.68. The monoisotopic (exact) mass is 761 g/mol. The molecule has 1 saturated carbocycles. The molecule has 2 aliphatic rings. The maximum atomic E-state index is 13.6. The standard InChI is InChI=1S/C32H45ClN3O12PS/c1-31(2,3)29(39)44-16-46-49(41,47-17-45-30(40)32(4,5)6)18-50(42,43)15-23-24(37)25(38)28(48-23)36-12-11-20-21(13-19-9-7-8-10-19)22(14-34)26(33)35-27(20)36/h11-12,19,23-25,28,37-38H,7-10,13,15-18H2,1-6H3/t23-,24-,25-,28-/m1/s1. The Hall–Kier alpha value is -2.61. The molecule has 0 unspecified atom stereocenters. The lowest BCUT2D eigenvalue weighted by atomic mass is 9.94. The molecule has 0 bridgehead atoms. The lowest BCUT2D eigenvalue weighted by molar-refractivity contribution is -0.161. The molecule has 4 atom stereocenters. The Labute approximate surface area is 296 Å². The van der Waals surface area contributed by atoms with Crippen LogP contribution in [-0.4, -0.2) is 83.3 Å². The summed E-state index contributed by atoms with van der Waals surface area (Å²) in [5, 5.41) is 32.4. The molecule has 2 N–H and O–H groups in total. The van der Waals surface area contributed by atoms with Crippen molar-refractivity contribution >= 4 is 52.0 Å². The first-order valence-corrected chi connectivity index (χ1v) is 20.1. The number of aromatic nitrogens is 2. The summed E-state index contributed by atoms with van der Waals surface area (Å²) in [6, 6.07) is 3.85. The van der Waals surface area contributed by atoms with Crippen molar-refractivity contribution in [2.24, 2.45) is 16.7 Å². The van der Waals surface area contributed by atoms with E-state index in [9.17, 15) is 38.0 Å². The van der Waals surface area contributed by atoms with Gasteiger partial charge in [-0.05, 0) is 65.5 Å². The molecule has 0 amide bonds. The Balaban J connectivity index is 1.53. The minimum Gasteiger partial charge on any atom is -0.438 e. The summed E-state index contributed by atoms with van der Waals surface area (Å²) in [5.41, 5.74) is -1.90. The Morgan fingerprint density at radius 3 is 2.14 bits per heavy atom. The third-order valence-electron chi connectivity index (χ3n) is 8.49. The molecule has 278 valence electrons. The second-order valence-electron chi connectivity index (χ2n) is 14.7. The number of halogens is 1. The number of pyridine rings is 1. The van der Waals surface area contributed by atoms with Crippen LogP contribution in [0.4, 0.5) is 0 Å². The van der Waals surface area contributed by atoms with Gasteiger partial charge in [-0.15, -0.1) is 0 Å². The van der Waals surface area contributed by atoms with E-state index in [-0.39, 0.29) is 16.4 Å². The predicted molar refractivity (Wildman–Crippen MR) is 180 cm³/mol. The van der Waals surface area contributed by atoms with Crippen molar-refractivity contribution < 1.29 is 56.0 Å². The van der Waals surface area contributed by atoms with E-state index in [1.807, 2.05) is 0 Å². The number of fused-ring (bicyclic) bond motifs is 1. The number of hydrogen-bond donors (Lipinski definition) is 2. The van der Waals surface area contributed by atoms with Crippen LogP contribution < -0.4 is 0 Å². The first kappa shape index (κ1) is 40.2. The fraction of sp³-hybridized carbons (Fsp3) is 0.688. The fourth-order valence-corrected chi connectivity index (χ4v) is 10.2. The van der Waals surface area contributed by atoms with Crippen molar-refractivity contribution in [2.75, 3.05) is 24.8 Å². The second-order valence-corrected chi connectivity index (χ2v) is 19.7. The molecule has 2 fully saturated rings. The predicted octanol–water partition coefficient (Wildman–Crippen LogP) is 4.61. The Morgan fingerprint density at radius 1 is 1.06 bits per heavy atom. The summed E-state index contributed by atoms with van der Waals surface area (Å²) in [5.74, 6) is -2.01. The van der Waals surface area contributed by atoms with Gasteiger partial charge in [-0.1, -0.05) is 37.3 Å². The average Bonchev–Trinajstić information content (AvgIpc) is 3.72. The van der Waals surface area contributed by atoms with Crippen LogP contribution in [0.2, 0.25) is 5.15 Å². The van der Waals surface area contributed by atoms with Gasteiger partial charge >= 0.3 is 19.5 Å². The van der Waals surface area contributed by atoms with Crippen molar-refractivity contribution in [1.29, 1.82) is 5.26 Å². The minimum absolute atomic E-state index is 0.0304. The van der Waals surface area contributed by atoms with Gasteiger partial charge in [-0.25, -0.2) is 13.4 Å². The van der Waals surface area contributed by atoms with Crippen LogP contribution in [-0.2, 0) is 53.7 Å². The van der Waals surface area contributed by atoms with Crippen LogP contribution in [0.25, 0.3) is 11.0 Å². The van der Waals surface area contributed by atoms with E-state index in [2.05, 4.69) is 11.1 Å². The average molecular weight is 762 g/mol. The number of nitriles is 1. The van der Waals surface area contributed by atoms with E-state index >= 15 is 0 Å². The van der Waals surface area contributed by atoms with Crippen LogP contribution in [0.3, 0.4) is 0 Å². The molecule has 0 radical (unpaired) electrons. The quantitative estimate of drug-likeness (QED) is 0.124. The molecule has 1 aliphatic carbocycles. The topological polar surface area (TPSA) is 214 Å². The number of carbonyl (C=O) groups is 2. The first-order valence-electron chi connectivity index (χ1n) is 16.2. The molecule has 0 aromatic carbocycles. The zero-order valence-electron chi connectivity index (χ0n) is 29.0. The van der Waals surface area contributed by atoms with Crippen LogP contribution in [0.15, 0.2) is 12.3 Å². The van der Waals surface area contributed by atoms with Crippen LogP contribution in [0, 0.1) is 28.1 Å². The van der Waals surface area contributed by atoms with Gasteiger partial charge in [-0.2, -0.15) is 5.26 Å². The molecule has 18 heteroatoms. The largest absolute Gasteiger partial charge is 0.438 e. The molecule has 50 heavy (non-hydrogen) atoms. The highest BCUT2D eigenvalue weighted by atomic mass is 35.5. The molecule has 1 aliphatic heterocycles. The first-order chi connectivity index (χ1) is 23.2. The normalized spacial score (nSPS) is 22.2. The van der Waals surface area contributed by atoms with E-state index in [0.717, 1.165) is 31.2 Å². The van der Waals surface area contributed by atoms with Gasteiger partial charge < -0.3 is 29.0 Å². The van der Waals surface area contributed by atoms with Gasteiger partial charge in [0.15, 0.2) is 21.6 Å². The van der Waals surface area contributed by atoms with E-state index in [0.29, 0.717) is 17.7 Å². The molecule has 1 saturated heterocycles. The van der Waals surface area contributed by atoms with Crippen LogP contribution >= 0.6 is 19.2 Å². The van der Waals surface area contributed by atoms with Crippen molar-refractivity contribution in [3.8, 4) is 6.07 Å². The van der Waals surface area contributed by atoms with Gasteiger partial charge in [0.2, 0.25) is 13.6 Å². The fourth-order valence-electron chi connectivity index (χ4n) is 5.74. The van der Waals surface area contributed by atoms with E-state index < -0.39 is 89.6 Å². The number of ether oxygens (including phenoxy) is 3. The molecule has 4 rings (SSSR count). The zero-order valence-corrected chi connectivity index (χ0v) is 31.4. The highest BCUT2D eigenvalue weighted by Gasteiger charge is 2.47. The number of hydrogen-bond acceptors (Lipinski definition) is 14. The summed E-state index contributed by atoms with van der Waals surface area (Å²) in [4.78, 5) is 28.8. The number of carbonyl (C=O) groups excluding carboxylic acids is 2. The Morgan fingerprint density at radius 2 is 1.62 bits per heavy atom. The second kappa shape index (κ2) is 15.6. The Kier molecular flexibility index (Phi) is 12.5. The lowest BCUT2D eigenvalue weighted by Crippen LogP contribution is -2.36. The number of aliphatic hydroxyl groups is 2. The number of aliphatic hydroxyl groups excluding tert-OH is 2. The summed E-state index contributed by atoms with van der Waals surface area (Å²) in [7, 11) is -9.16. The summed E-state index contributed by atoms with van der Waals surface area (Å²) < 4.78 is 68.0. The van der Waals surface area contributed by atoms with Crippen molar-refractivity contribution in [3.05, 3.63) is 28.5 Å². The van der Waals surface area contributed by atoms with E-state index in [1.54, 1.807) is 53.8 Å². The molecular weight excluding hydrogens is 717 g/mol. The highest BCUT2D eigenvalue weighted by molar-refractivity contribution is 7.97. The zero-order chi connectivity index (χ0) is 37.2. The SMILES string of the molecule is CC(C)(C)C(=O)OCOP(=O)(CS(=O)(=O)C[C@H]1O[C@@H](n2ccc3c(CC4CCCC4)c(C#N)c(Cl)nc32)[C@H](O)[C@@H]1O)OCOC(=O)C(C)(C)C. The van der Waals surface area contributed by atoms with Gasteiger partial charge in [0.05, 0.1) is 22.1 Å². The number of rotatable bonds is 13. The smallest absolute Gasteiger partial charge is 0.351 e. The van der Waals surface area contributed by atoms with Crippen molar-refractivity contribution in [2.45, 2.75) is 98.2 Å². The number of sulfone groups is 1. The maximum Gasteiger partial charge on any atom is 0.351 e. The lowest BCUT2D eigenvalue weighted by Gasteiger charge is -2.22. The summed E-state index contributed by atoms with van der Waals surface area (Å²) >= 11 is 6.44. The van der Waals surface area contributed by atoms with E-state index in [1.165, 1.54) is 4.57 Å². The third-order valence-corrected chi connectivity index (χ3v) is 13.4. The highest BCUT2D eigenvalue weighted by Crippen LogP contribution is 2.50. The van der Waals surface area contributed by atoms with E-state index in [4.69, 9.17) is 34.9 Å². The van der Waals surface area contributed by atoms with Crippen molar-refractivity contribution in [1.82, 2.24) is 9.55 Å². The van der Waals surface area contributed by atoms with Crippen molar-refractivity contribution in [3.63, 3.8) is 0 Å². The number of esters is 2. The number of nitrogens with zero attached hydrogens (tertiary/aromatic N) is 3. The molecule has 15 nitrogen and oxygen atoms in total. The van der Waals surface area contributed by atoms with Gasteiger partial charge in [-0.3, -0.25) is 23.2 Å². The van der Waals surface area contributed by atoms with Crippen LogP contribution in [0.5, 0.6) is 0 Å². The molecule has 2 aromatic heterocycles.